The fraction of sp³-hybridized carbons (Fsp3) is 0.200. The molecule has 0 bridgehead atoms. The Hall–Kier alpha value is -1.58. The number of hydrogen-bond acceptors (Lipinski definition) is 2. The van der Waals surface area contributed by atoms with Crippen LogP contribution in [-0.4, -0.2) is 13.7 Å². The maximum atomic E-state index is 13.9. The number of rotatable bonds is 5. The predicted molar refractivity (Wildman–Crippen MR) is 76.1 cm³/mol. The molecule has 19 heavy (non-hydrogen) atoms. The lowest BCUT2D eigenvalue weighted by molar-refractivity contribution is 0.186. The molecule has 0 amide bonds. The maximum absolute atomic E-state index is 13.9. The molecule has 2 nitrogen and oxygen atoms in total. The fourth-order valence-corrected chi connectivity index (χ4v) is 2.05. The maximum Gasteiger partial charge on any atom is 0.164 e. The molecule has 0 aliphatic heterocycles. The van der Waals surface area contributed by atoms with Gasteiger partial charge in [0.25, 0.3) is 0 Å². The summed E-state index contributed by atoms with van der Waals surface area (Å²) in [4.78, 5) is 0. The van der Waals surface area contributed by atoms with Crippen molar-refractivity contribution in [2.45, 2.75) is 6.04 Å². The molecule has 1 atom stereocenters. The molecule has 100 valence electrons. The molecule has 0 radical (unpaired) electrons. The molecule has 2 aromatic rings. The molecule has 0 aliphatic carbocycles. The topological polar surface area (TPSA) is 21.3 Å². The van der Waals surface area contributed by atoms with Gasteiger partial charge in [0.1, 0.15) is 0 Å². The van der Waals surface area contributed by atoms with Gasteiger partial charge in [0, 0.05) is 7.11 Å². The highest BCUT2D eigenvalue weighted by atomic mass is 35.5. The minimum Gasteiger partial charge on any atom is -0.382 e. The van der Waals surface area contributed by atoms with E-state index in [-0.39, 0.29) is 11.1 Å². The summed E-state index contributed by atoms with van der Waals surface area (Å²) < 4.78 is 19.1. The minimum atomic E-state index is -0.443. The van der Waals surface area contributed by atoms with E-state index in [0.29, 0.717) is 12.3 Å². The highest BCUT2D eigenvalue weighted by Crippen LogP contribution is 2.26. The number of ether oxygens (including phenoxy) is 1. The van der Waals surface area contributed by atoms with Crippen molar-refractivity contribution in [1.29, 1.82) is 0 Å². The Bertz CT molecular complexity index is 533. The van der Waals surface area contributed by atoms with Gasteiger partial charge in [-0.15, -0.1) is 0 Å². The van der Waals surface area contributed by atoms with E-state index < -0.39 is 5.82 Å². The molecule has 0 saturated heterocycles. The van der Waals surface area contributed by atoms with Crippen LogP contribution < -0.4 is 5.32 Å². The number of nitrogens with one attached hydrogen (secondary N) is 1. The predicted octanol–water partition coefficient (Wildman–Crippen LogP) is 4.28. The molecule has 2 aromatic carbocycles. The molecule has 1 N–H and O–H groups in total. The van der Waals surface area contributed by atoms with E-state index in [9.17, 15) is 4.39 Å². The van der Waals surface area contributed by atoms with Crippen molar-refractivity contribution in [1.82, 2.24) is 0 Å². The molecule has 0 aliphatic rings. The largest absolute Gasteiger partial charge is 0.382 e. The summed E-state index contributed by atoms with van der Waals surface area (Å²) in [6.45, 7) is 0.440. The summed E-state index contributed by atoms with van der Waals surface area (Å²) in [7, 11) is 1.62. The van der Waals surface area contributed by atoms with Crippen molar-refractivity contribution in [2.24, 2.45) is 0 Å². The van der Waals surface area contributed by atoms with Crippen LogP contribution in [0, 0.1) is 5.82 Å². The van der Waals surface area contributed by atoms with E-state index in [4.69, 9.17) is 16.3 Å². The Morgan fingerprint density at radius 1 is 1.16 bits per heavy atom. The lowest BCUT2D eigenvalue weighted by atomic mass is 10.1. The summed E-state index contributed by atoms with van der Waals surface area (Å²) in [6, 6.07) is 14.5. The molecule has 0 fully saturated rings. The van der Waals surface area contributed by atoms with Crippen molar-refractivity contribution in [3.8, 4) is 0 Å². The van der Waals surface area contributed by atoms with E-state index in [1.165, 1.54) is 6.07 Å². The quantitative estimate of drug-likeness (QED) is 0.882. The van der Waals surface area contributed by atoms with E-state index in [0.717, 1.165) is 5.56 Å². The summed E-state index contributed by atoms with van der Waals surface area (Å²) in [6.07, 6.45) is 0. The zero-order valence-corrected chi connectivity index (χ0v) is 11.3. The van der Waals surface area contributed by atoms with Crippen LogP contribution in [-0.2, 0) is 4.74 Å². The first-order valence-electron chi connectivity index (χ1n) is 5.97. The third-order valence-electron chi connectivity index (χ3n) is 2.82. The number of hydrogen-bond donors (Lipinski definition) is 1. The van der Waals surface area contributed by atoms with Crippen molar-refractivity contribution >= 4 is 17.3 Å². The average Bonchev–Trinajstić information content (AvgIpc) is 2.44. The highest BCUT2D eigenvalue weighted by molar-refractivity contribution is 6.31. The van der Waals surface area contributed by atoms with Crippen LogP contribution in [0.5, 0.6) is 0 Å². The molecule has 2 rings (SSSR count). The third kappa shape index (κ3) is 3.46. The van der Waals surface area contributed by atoms with E-state index in [2.05, 4.69) is 5.32 Å². The Kier molecular flexibility index (Phi) is 4.77. The van der Waals surface area contributed by atoms with Crippen LogP contribution in [0.2, 0.25) is 5.02 Å². The van der Waals surface area contributed by atoms with Gasteiger partial charge in [-0.25, -0.2) is 4.39 Å². The second kappa shape index (κ2) is 6.55. The second-order valence-electron chi connectivity index (χ2n) is 4.16. The molecule has 4 heteroatoms. The van der Waals surface area contributed by atoms with Gasteiger partial charge in [-0.3, -0.25) is 0 Å². The van der Waals surface area contributed by atoms with Gasteiger partial charge in [-0.2, -0.15) is 0 Å². The molecular formula is C15H15ClFNO. The normalized spacial score (nSPS) is 12.2. The standard InChI is InChI=1S/C15H15ClFNO/c1-19-10-14(11-6-3-2-4-7-11)18-13-9-5-8-12(16)15(13)17/h2-9,14,18H,10H2,1H3. The number of halogens is 2. The van der Waals surface area contributed by atoms with Crippen LogP contribution in [0.1, 0.15) is 11.6 Å². The first-order chi connectivity index (χ1) is 9.22. The lowest BCUT2D eigenvalue weighted by Crippen LogP contribution is -2.17. The lowest BCUT2D eigenvalue weighted by Gasteiger charge is -2.20. The Morgan fingerprint density at radius 2 is 1.89 bits per heavy atom. The molecule has 0 saturated carbocycles. The van der Waals surface area contributed by atoms with Gasteiger partial charge in [0.05, 0.1) is 23.4 Å². The van der Waals surface area contributed by atoms with Crippen molar-refractivity contribution in [3.63, 3.8) is 0 Å². The van der Waals surface area contributed by atoms with Gasteiger partial charge in [-0.1, -0.05) is 48.0 Å². The SMILES string of the molecule is COCC(Nc1cccc(Cl)c1F)c1ccccc1. The zero-order valence-electron chi connectivity index (χ0n) is 10.6. The Labute approximate surface area is 117 Å². The van der Waals surface area contributed by atoms with Crippen LogP contribution in [0.4, 0.5) is 10.1 Å². The number of anilines is 1. The average molecular weight is 280 g/mol. The first-order valence-corrected chi connectivity index (χ1v) is 6.34. The van der Waals surface area contributed by atoms with Crippen LogP contribution in [0.3, 0.4) is 0 Å². The van der Waals surface area contributed by atoms with Crippen LogP contribution >= 0.6 is 11.6 Å². The van der Waals surface area contributed by atoms with Crippen molar-refractivity contribution in [3.05, 3.63) is 64.9 Å². The summed E-state index contributed by atoms with van der Waals surface area (Å²) in [5.41, 5.74) is 1.40. The molecule has 0 spiro atoms. The van der Waals surface area contributed by atoms with Crippen molar-refractivity contribution < 1.29 is 9.13 Å². The van der Waals surface area contributed by atoms with Gasteiger partial charge in [-0.05, 0) is 17.7 Å². The van der Waals surface area contributed by atoms with Gasteiger partial charge < -0.3 is 10.1 Å². The van der Waals surface area contributed by atoms with E-state index in [1.807, 2.05) is 30.3 Å². The number of benzene rings is 2. The molecule has 0 heterocycles. The van der Waals surface area contributed by atoms with Gasteiger partial charge in [0.2, 0.25) is 0 Å². The van der Waals surface area contributed by atoms with Crippen LogP contribution in [0.15, 0.2) is 48.5 Å². The number of methoxy groups -OCH3 is 1. The molecular weight excluding hydrogens is 265 g/mol. The minimum absolute atomic E-state index is 0.106. The Balaban J connectivity index is 2.24. The van der Waals surface area contributed by atoms with E-state index in [1.54, 1.807) is 19.2 Å². The Morgan fingerprint density at radius 3 is 2.58 bits per heavy atom. The third-order valence-corrected chi connectivity index (χ3v) is 3.11. The zero-order chi connectivity index (χ0) is 13.7. The van der Waals surface area contributed by atoms with Gasteiger partial charge in [0.15, 0.2) is 5.82 Å². The monoisotopic (exact) mass is 279 g/mol. The van der Waals surface area contributed by atoms with Crippen LogP contribution in [0.25, 0.3) is 0 Å². The molecule has 1 unspecified atom stereocenters. The second-order valence-corrected chi connectivity index (χ2v) is 4.57. The smallest absolute Gasteiger partial charge is 0.164 e. The van der Waals surface area contributed by atoms with Crippen molar-refractivity contribution in [2.75, 3.05) is 19.0 Å². The molecule has 0 aromatic heterocycles. The fourth-order valence-electron chi connectivity index (χ4n) is 1.88. The highest BCUT2D eigenvalue weighted by Gasteiger charge is 2.14. The summed E-state index contributed by atoms with van der Waals surface area (Å²) in [5, 5.41) is 3.23. The summed E-state index contributed by atoms with van der Waals surface area (Å²) in [5.74, 6) is -0.443. The van der Waals surface area contributed by atoms with Gasteiger partial charge >= 0.3 is 0 Å². The summed E-state index contributed by atoms with van der Waals surface area (Å²) >= 11 is 5.77. The van der Waals surface area contributed by atoms with E-state index >= 15 is 0 Å². The first kappa shape index (κ1) is 13.8.